The van der Waals surface area contributed by atoms with Gasteiger partial charge in [-0.2, -0.15) is 0 Å². The van der Waals surface area contributed by atoms with Gasteiger partial charge in [-0.25, -0.2) is 0 Å². The quantitative estimate of drug-likeness (QED) is 0.592. The number of hydrogen-bond acceptors (Lipinski definition) is 3. The summed E-state index contributed by atoms with van der Waals surface area (Å²) in [6, 6.07) is 0. The van der Waals surface area contributed by atoms with E-state index in [1.54, 1.807) is 0 Å². The molecule has 0 fully saturated rings. The molecule has 0 aliphatic carbocycles. The summed E-state index contributed by atoms with van der Waals surface area (Å²) in [5.74, 6) is -0.518. The fourth-order valence-corrected chi connectivity index (χ4v) is 1.01. The molecule has 0 aromatic carbocycles. The molecule has 0 heterocycles. The van der Waals surface area contributed by atoms with Crippen molar-refractivity contribution in [2.75, 3.05) is 6.54 Å². The predicted molar refractivity (Wildman–Crippen MR) is 43.1 cm³/mol. The van der Waals surface area contributed by atoms with E-state index >= 15 is 0 Å². The molecule has 0 aromatic rings. The van der Waals surface area contributed by atoms with Crippen LogP contribution in [0.1, 0.15) is 26.7 Å². The Morgan fingerprint density at radius 3 is 2.00 bits per heavy atom. The Morgan fingerprint density at radius 2 is 1.73 bits per heavy atom. The van der Waals surface area contributed by atoms with Crippen LogP contribution in [-0.2, 0) is 9.59 Å². The van der Waals surface area contributed by atoms with E-state index in [-0.39, 0.29) is 11.6 Å². The van der Waals surface area contributed by atoms with Gasteiger partial charge in [-0.1, -0.05) is 0 Å². The first-order chi connectivity index (χ1) is 5.09. The molecule has 0 aliphatic heterocycles. The van der Waals surface area contributed by atoms with Crippen molar-refractivity contribution in [3.63, 3.8) is 0 Å². The minimum Gasteiger partial charge on any atom is -0.330 e. The molecule has 2 N–H and O–H groups in total. The molecule has 0 bridgehead atoms. The predicted octanol–water partition coefficient (Wildman–Crippen LogP) is 0.520. The van der Waals surface area contributed by atoms with E-state index in [4.69, 9.17) is 5.73 Å². The Bertz CT molecular complexity index is 140. The monoisotopic (exact) mass is 157 g/mol. The molecule has 0 amide bonds. The highest BCUT2D eigenvalue weighted by Crippen LogP contribution is 2.07. The van der Waals surface area contributed by atoms with Gasteiger partial charge in [-0.15, -0.1) is 0 Å². The normalized spacial score (nSPS) is 10.2. The molecule has 0 saturated carbocycles. The third kappa shape index (κ3) is 3.88. The van der Waals surface area contributed by atoms with Gasteiger partial charge in [0.2, 0.25) is 0 Å². The number of carbonyl (C=O) groups excluding carboxylic acids is 2. The summed E-state index contributed by atoms with van der Waals surface area (Å²) in [5.41, 5.74) is 5.25. The maximum Gasteiger partial charge on any atom is 0.140 e. The van der Waals surface area contributed by atoms with E-state index in [2.05, 4.69) is 0 Å². The number of Topliss-reactive ketones (excluding diaryl/α,β-unsaturated/α-hetero) is 2. The third-order valence-electron chi connectivity index (χ3n) is 1.68. The van der Waals surface area contributed by atoms with Crippen molar-refractivity contribution < 1.29 is 9.59 Å². The topological polar surface area (TPSA) is 60.2 Å². The van der Waals surface area contributed by atoms with E-state index in [0.717, 1.165) is 6.42 Å². The lowest BCUT2D eigenvalue weighted by molar-refractivity contribution is -0.130. The minimum atomic E-state index is -0.418. The van der Waals surface area contributed by atoms with Crippen LogP contribution in [0.25, 0.3) is 0 Å². The molecule has 0 unspecified atom stereocenters. The second-order valence-corrected chi connectivity index (χ2v) is 2.70. The summed E-state index contributed by atoms with van der Waals surface area (Å²) in [7, 11) is 0. The van der Waals surface area contributed by atoms with Crippen LogP contribution >= 0.6 is 0 Å². The first kappa shape index (κ1) is 10.3. The standard InChI is InChI=1S/C8H15NO2/c1-6(10)8(7(2)11)4-3-5-9/h8H,3-5,9H2,1-2H3. The number of ketones is 2. The van der Waals surface area contributed by atoms with Crippen LogP contribution in [0.3, 0.4) is 0 Å². The molecule has 3 nitrogen and oxygen atoms in total. The van der Waals surface area contributed by atoms with Gasteiger partial charge >= 0.3 is 0 Å². The molecule has 11 heavy (non-hydrogen) atoms. The fraction of sp³-hybridized carbons (Fsp3) is 0.750. The summed E-state index contributed by atoms with van der Waals surface area (Å²) in [6.07, 6.45) is 1.34. The Hall–Kier alpha value is -0.700. The Morgan fingerprint density at radius 1 is 1.27 bits per heavy atom. The van der Waals surface area contributed by atoms with Crippen LogP contribution in [0.4, 0.5) is 0 Å². The second-order valence-electron chi connectivity index (χ2n) is 2.70. The van der Waals surface area contributed by atoms with Crippen molar-refractivity contribution in [3.05, 3.63) is 0 Å². The smallest absolute Gasteiger partial charge is 0.140 e. The highest BCUT2D eigenvalue weighted by molar-refractivity contribution is 6.00. The van der Waals surface area contributed by atoms with E-state index < -0.39 is 5.92 Å². The summed E-state index contributed by atoms with van der Waals surface area (Å²) in [4.78, 5) is 21.7. The molecular formula is C8H15NO2. The van der Waals surface area contributed by atoms with Gasteiger partial charge in [0, 0.05) is 0 Å². The summed E-state index contributed by atoms with van der Waals surface area (Å²) < 4.78 is 0. The molecule has 3 heteroatoms. The summed E-state index contributed by atoms with van der Waals surface area (Å²) in [6.45, 7) is 3.43. The molecule has 0 radical (unpaired) electrons. The Kier molecular flexibility index (Phi) is 4.70. The van der Waals surface area contributed by atoms with Crippen LogP contribution < -0.4 is 5.73 Å². The van der Waals surface area contributed by atoms with Crippen LogP contribution in [0.15, 0.2) is 0 Å². The Balaban J connectivity index is 3.90. The lowest BCUT2D eigenvalue weighted by Gasteiger charge is -2.07. The highest BCUT2D eigenvalue weighted by atomic mass is 16.1. The van der Waals surface area contributed by atoms with Gasteiger partial charge in [0.25, 0.3) is 0 Å². The maximum atomic E-state index is 10.8. The molecule has 0 aromatic heterocycles. The number of hydrogen-bond donors (Lipinski definition) is 1. The van der Waals surface area contributed by atoms with Crippen LogP contribution in [0.2, 0.25) is 0 Å². The fourth-order valence-electron chi connectivity index (χ4n) is 1.01. The van der Waals surface area contributed by atoms with E-state index in [1.165, 1.54) is 13.8 Å². The SMILES string of the molecule is CC(=O)C(CCCN)C(C)=O. The Labute approximate surface area is 67.0 Å². The summed E-state index contributed by atoms with van der Waals surface area (Å²) >= 11 is 0. The van der Waals surface area contributed by atoms with Crippen LogP contribution in [0.5, 0.6) is 0 Å². The van der Waals surface area contributed by atoms with Crippen molar-refractivity contribution >= 4 is 11.6 Å². The number of nitrogens with two attached hydrogens (primary N) is 1. The van der Waals surface area contributed by atoms with Crippen molar-refractivity contribution in [3.8, 4) is 0 Å². The number of rotatable bonds is 5. The van der Waals surface area contributed by atoms with Crippen LogP contribution in [0, 0.1) is 5.92 Å². The molecule has 64 valence electrons. The zero-order valence-corrected chi connectivity index (χ0v) is 7.09. The largest absolute Gasteiger partial charge is 0.330 e. The zero-order valence-electron chi connectivity index (χ0n) is 7.09. The number of carbonyl (C=O) groups is 2. The summed E-state index contributed by atoms with van der Waals surface area (Å²) in [5, 5.41) is 0. The van der Waals surface area contributed by atoms with Crippen molar-refractivity contribution in [2.45, 2.75) is 26.7 Å². The average Bonchev–Trinajstić information content (AvgIpc) is 1.87. The molecule has 0 saturated heterocycles. The highest BCUT2D eigenvalue weighted by Gasteiger charge is 2.17. The van der Waals surface area contributed by atoms with Gasteiger partial charge in [-0.3, -0.25) is 9.59 Å². The minimum absolute atomic E-state index is 0.0500. The molecule has 0 atom stereocenters. The third-order valence-corrected chi connectivity index (χ3v) is 1.68. The van der Waals surface area contributed by atoms with Gasteiger partial charge in [0.1, 0.15) is 11.6 Å². The lowest BCUT2D eigenvalue weighted by Crippen LogP contribution is -2.20. The first-order valence-corrected chi connectivity index (χ1v) is 3.80. The van der Waals surface area contributed by atoms with Gasteiger partial charge in [-0.05, 0) is 33.2 Å². The first-order valence-electron chi connectivity index (χ1n) is 3.80. The molecule has 0 aliphatic rings. The maximum absolute atomic E-state index is 10.8. The average molecular weight is 157 g/mol. The van der Waals surface area contributed by atoms with Crippen molar-refractivity contribution in [2.24, 2.45) is 11.7 Å². The molecule has 0 rings (SSSR count). The van der Waals surface area contributed by atoms with Crippen molar-refractivity contribution in [1.82, 2.24) is 0 Å². The van der Waals surface area contributed by atoms with Gasteiger partial charge in [0.15, 0.2) is 0 Å². The van der Waals surface area contributed by atoms with Crippen LogP contribution in [-0.4, -0.2) is 18.1 Å². The zero-order chi connectivity index (χ0) is 8.85. The van der Waals surface area contributed by atoms with Crippen molar-refractivity contribution in [1.29, 1.82) is 0 Å². The molecular weight excluding hydrogens is 142 g/mol. The second kappa shape index (κ2) is 5.02. The van der Waals surface area contributed by atoms with E-state index in [0.29, 0.717) is 13.0 Å². The van der Waals surface area contributed by atoms with Gasteiger partial charge in [0.05, 0.1) is 5.92 Å². The molecule has 0 spiro atoms. The van der Waals surface area contributed by atoms with E-state index in [1.807, 2.05) is 0 Å². The van der Waals surface area contributed by atoms with Gasteiger partial charge < -0.3 is 5.73 Å². The van der Waals surface area contributed by atoms with E-state index in [9.17, 15) is 9.59 Å². The lowest BCUT2D eigenvalue weighted by atomic mass is 9.95.